The number of aryl methyl sites for hydroxylation is 1. The molecule has 0 aliphatic carbocycles. The summed E-state index contributed by atoms with van der Waals surface area (Å²) in [6, 6.07) is 6.13. The Morgan fingerprint density at radius 1 is 1.33 bits per heavy atom. The van der Waals surface area contributed by atoms with E-state index in [2.05, 4.69) is 26.8 Å². The molecule has 2 heteroatoms. The van der Waals surface area contributed by atoms with Gasteiger partial charge in [-0.05, 0) is 36.5 Å². The lowest BCUT2D eigenvalue weighted by Crippen LogP contribution is -2.03. The number of hydrogen-bond acceptors (Lipinski definition) is 2. The van der Waals surface area contributed by atoms with Crippen LogP contribution in [0.2, 0.25) is 0 Å². The minimum atomic E-state index is 0.590. The molecule has 0 atom stereocenters. The summed E-state index contributed by atoms with van der Waals surface area (Å²) < 4.78 is 5.71. The standard InChI is InChI=1S/C13H21NO/c1-10(2)6-7-15-13-5-4-12(9-14)8-11(13)3/h4-5,8,10H,6-7,9,14H2,1-3H3. The van der Waals surface area contributed by atoms with Crippen LogP contribution in [0.25, 0.3) is 0 Å². The minimum absolute atomic E-state index is 0.590. The number of hydrogen-bond donors (Lipinski definition) is 1. The Morgan fingerprint density at radius 2 is 2.07 bits per heavy atom. The van der Waals surface area contributed by atoms with E-state index >= 15 is 0 Å². The fraction of sp³-hybridized carbons (Fsp3) is 0.538. The maximum absolute atomic E-state index is 5.71. The highest BCUT2D eigenvalue weighted by molar-refractivity contribution is 5.36. The summed E-state index contributed by atoms with van der Waals surface area (Å²) in [6.07, 6.45) is 1.10. The molecule has 1 aromatic rings. The van der Waals surface area contributed by atoms with Crippen molar-refractivity contribution >= 4 is 0 Å². The third-order valence-corrected chi connectivity index (χ3v) is 2.43. The molecule has 0 bridgehead atoms. The van der Waals surface area contributed by atoms with E-state index in [0.29, 0.717) is 12.5 Å². The summed E-state index contributed by atoms with van der Waals surface area (Å²) in [4.78, 5) is 0. The lowest BCUT2D eigenvalue weighted by molar-refractivity contribution is 0.287. The first-order chi connectivity index (χ1) is 7.13. The second-order valence-corrected chi connectivity index (χ2v) is 4.33. The summed E-state index contributed by atoms with van der Waals surface area (Å²) in [7, 11) is 0. The lowest BCUT2D eigenvalue weighted by atomic mass is 10.1. The average Bonchev–Trinajstić information content (AvgIpc) is 2.20. The lowest BCUT2D eigenvalue weighted by Gasteiger charge is -2.11. The molecule has 15 heavy (non-hydrogen) atoms. The smallest absolute Gasteiger partial charge is 0.122 e. The molecule has 0 spiro atoms. The zero-order valence-electron chi connectivity index (χ0n) is 9.92. The second kappa shape index (κ2) is 5.76. The van der Waals surface area contributed by atoms with E-state index in [9.17, 15) is 0 Å². The Bertz CT molecular complexity index is 307. The van der Waals surface area contributed by atoms with Crippen molar-refractivity contribution in [1.82, 2.24) is 0 Å². The maximum Gasteiger partial charge on any atom is 0.122 e. The Hall–Kier alpha value is -1.02. The van der Waals surface area contributed by atoms with Gasteiger partial charge in [-0.25, -0.2) is 0 Å². The van der Waals surface area contributed by atoms with E-state index in [1.54, 1.807) is 0 Å². The quantitative estimate of drug-likeness (QED) is 0.805. The van der Waals surface area contributed by atoms with Gasteiger partial charge in [0.25, 0.3) is 0 Å². The van der Waals surface area contributed by atoms with Crippen LogP contribution in [0.15, 0.2) is 18.2 Å². The zero-order valence-corrected chi connectivity index (χ0v) is 9.92. The van der Waals surface area contributed by atoms with Crippen molar-refractivity contribution in [1.29, 1.82) is 0 Å². The topological polar surface area (TPSA) is 35.2 Å². The number of rotatable bonds is 5. The molecule has 0 heterocycles. The van der Waals surface area contributed by atoms with Gasteiger partial charge in [0.15, 0.2) is 0 Å². The van der Waals surface area contributed by atoms with E-state index in [1.807, 2.05) is 12.1 Å². The molecular weight excluding hydrogens is 186 g/mol. The molecule has 2 nitrogen and oxygen atoms in total. The van der Waals surface area contributed by atoms with Gasteiger partial charge in [-0.3, -0.25) is 0 Å². The van der Waals surface area contributed by atoms with Gasteiger partial charge in [0, 0.05) is 6.54 Å². The van der Waals surface area contributed by atoms with Crippen LogP contribution in [-0.4, -0.2) is 6.61 Å². The van der Waals surface area contributed by atoms with E-state index in [1.165, 1.54) is 5.56 Å². The third-order valence-electron chi connectivity index (χ3n) is 2.43. The normalized spacial score (nSPS) is 10.7. The van der Waals surface area contributed by atoms with Crippen molar-refractivity contribution in [3.05, 3.63) is 29.3 Å². The maximum atomic E-state index is 5.71. The van der Waals surface area contributed by atoms with Crippen LogP contribution in [0.3, 0.4) is 0 Å². The van der Waals surface area contributed by atoms with Crippen molar-refractivity contribution in [2.24, 2.45) is 11.7 Å². The van der Waals surface area contributed by atoms with Crippen molar-refractivity contribution in [2.75, 3.05) is 6.61 Å². The first-order valence-electron chi connectivity index (χ1n) is 5.56. The zero-order chi connectivity index (χ0) is 11.3. The monoisotopic (exact) mass is 207 g/mol. The molecule has 0 amide bonds. The predicted octanol–water partition coefficient (Wildman–Crippen LogP) is 2.88. The molecule has 0 aliphatic rings. The number of benzene rings is 1. The van der Waals surface area contributed by atoms with Crippen LogP contribution in [0.1, 0.15) is 31.4 Å². The minimum Gasteiger partial charge on any atom is -0.493 e. The Balaban J connectivity index is 2.54. The van der Waals surface area contributed by atoms with Crippen molar-refractivity contribution in [2.45, 2.75) is 33.7 Å². The SMILES string of the molecule is Cc1cc(CN)ccc1OCCC(C)C. The molecule has 2 N–H and O–H groups in total. The molecule has 0 unspecified atom stereocenters. The largest absolute Gasteiger partial charge is 0.493 e. The van der Waals surface area contributed by atoms with E-state index in [-0.39, 0.29) is 0 Å². The van der Waals surface area contributed by atoms with Crippen LogP contribution in [0, 0.1) is 12.8 Å². The Labute approximate surface area is 92.4 Å². The molecular formula is C13H21NO. The van der Waals surface area contributed by atoms with Gasteiger partial charge < -0.3 is 10.5 Å². The molecule has 84 valence electrons. The summed E-state index contributed by atoms with van der Waals surface area (Å²) in [6.45, 7) is 7.85. The number of nitrogens with two attached hydrogens (primary N) is 1. The van der Waals surface area contributed by atoms with E-state index < -0.39 is 0 Å². The van der Waals surface area contributed by atoms with Crippen molar-refractivity contribution in [3.8, 4) is 5.75 Å². The third kappa shape index (κ3) is 3.92. The van der Waals surface area contributed by atoms with Gasteiger partial charge in [0.2, 0.25) is 0 Å². The summed E-state index contributed by atoms with van der Waals surface area (Å²) in [5.41, 5.74) is 7.89. The first-order valence-corrected chi connectivity index (χ1v) is 5.56. The van der Waals surface area contributed by atoms with Gasteiger partial charge in [-0.2, -0.15) is 0 Å². The summed E-state index contributed by atoms with van der Waals surface area (Å²) >= 11 is 0. The van der Waals surface area contributed by atoms with Crippen molar-refractivity contribution < 1.29 is 4.74 Å². The molecule has 0 saturated heterocycles. The van der Waals surface area contributed by atoms with Gasteiger partial charge in [0.05, 0.1) is 6.61 Å². The van der Waals surface area contributed by atoms with Gasteiger partial charge in [0.1, 0.15) is 5.75 Å². The van der Waals surface area contributed by atoms with Crippen LogP contribution in [0.4, 0.5) is 0 Å². The molecule has 0 radical (unpaired) electrons. The Morgan fingerprint density at radius 3 is 2.60 bits per heavy atom. The van der Waals surface area contributed by atoms with E-state index in [4.69, 9.17) is 10.5 Å². The van der Waals surface area contributed by atoms with Gasteiger partial charge >= 0.3 is 0 Å². The molecule has 0 fully saturated rings. The fourth-order valence-electron chi connectivity index (χ4n) is 1.41. The molecule has 0 aromatic heterocycles. The van der Waals surface area contributed by atoms with Gasteiger partial charge in [-0.1, -0.05) is 26.0 Å². The fourth-order valence-corrected chi connectivity index (χ4v) is 1.41. The molecule has 1 rings (SSSR count). The van der Waals surface area contributed by atoms with Crippen LogP contribution in [0.5, 0.6) is 5.75 Å². The average molecular weight is 207 g/mol. The highest BCUT2D eigenvalue weighted by Crippen LogP contribution is 2.19. The highest BCUT2D eigenvalue weighted by atomic mass is 16.5. The van der Waals surface area contributed by atoms with E-state index in [0.717, 1.165) is 24.3 Å². The van der Waals surface area contributed by atoms with Crippen LogP contribution >= 0.6 is 0 Å². The molecule has 0 saturated carbocycles. The molecule has 0 aliphatic heterocycles. The first kappa shape index (κ1) is 12.1. The van der Waals surface area contributed by atoms with Crippen LogP contribution in [-0.2, 0) is 6.54 Å². The van der Waals surface area contributed by atoms with Gasteiger partial charge in [-0.15, -0.1) is 0 Å². The second-order valence-electron chi connectivity index (χ2n) is 4.33. The number of ether oxygens (including phenoxy) is 1. The summed E-state index contributed by atoms with van der Waals surface area (Å²) in [5, 5.41) is 0. The summed E-state index contributed by atoms with van der Waals surface area (Å²) in [5.74, 6) is 1.67. The Kier molecular flexibility index (Phi) is 4.63. The molecule has 1 aromatic carbocycles. The predicted molar refractivity (Wildman–Crippen MR) is 64.0 cm³/mol. The highest BCUT2D eigenvalue weighted by Gasteiger charge is 2.01. The van der Waals surface area contributed by atoms with Crippen molar-refractivity contribution in [3.63, 3.8) is 0 Å². The van der Waals surface area contributed by atoms with Crippen LogP contribution < -0.4 is 10.5 Å².